The molecule has 0 saturated carbocycles. The van der Waals surface area contributed by atoms with E-state index in [2.05, 4.69) is 5.32 Å². The number of nitriles is 1. The number of nitrogens with one attached hydrogen (secondary N) is 2. The third-order valence-corrected chi connectivity index (χ3v) is 3.59. The van der Waals surface area contributed by atoms with Crippen molar-refractivity contribution in [3.05, 3.63) is 59.4 Å². The molecule has 2 amide bonds. The summed E-state index contributed by atoms with van der Waals surface area (Å²) in [5, 5.41) is 12.9. The zero-order valence-electron chi connectivity index (χ0n) is 15.0. The van der Waals surface area contributed by atoms with Gasteiger partial charge in [-0.1, -0.05) is 0 Å². The van der Waals surface area contributed by atoms with Crippen molar-refractivity contribution in [3.63, 3.8) is 0 Å². The van der Waals surface area contributed by atoms with Crippen LogP contribution in [0.15, 0.2) is 36.4 Å². The van der Waals surface area contributed by atoms with E-state index in [4.69, 9.17) is 10.00 Å². The van der Waals surface area contributed by atoms with Crippen molar-refractivity contribution in [1.82, 2.24) is 0 Å². The van der Waals surface area contributed by atoms with Gasteiger partial charge in [-0.05, 0) is 43.3 Å². The summed E-state index contributed by atoms with van der Waals surface area (Å²) < 4.78 is 44.7. The molecule has 0 aromatic heterocycles. The Morgan fingerprint density at radius 2 is 1.69 bits per heavy atom. The van der Waals surface area contributed by atoms with Crippen molar-refractivity contribution in [2.24, 2.45) is 0 Å². The normalized spacial score (nSPS) is 11.1. The molecule has 150 valence electrons. The van der Waals surface area contributed by atoms with Crippen LogP contribution in [-0.4, -0.2) is 23.9 Å². The van der Waals surface area contributed by atoms with Crippen molar-refractivity contribution in [2.45, 2.75) is 19.4 Å². The van der Waals surface area contributed by atoms with Crippen LogP contribution in [0.3, 0.4) is 0 Å². The van der Waals surface area contributed by atoms with Gasteiger partial charge in [-0.15, -0.1) is 0 Å². The molecule has 2 rings (SSSR count). The molecule has 2 N–H and O–H groups in total. The van der Waals surface area contributed by atoms with Gasteiger partial charge in [-0.2, -0.15) is 5.26 Å². The van der Waals surface area contributed by atoms with Gasteiger partial charge in [0.1, 0.15) is 6.42 Å². The van der Waals surface area contributed by atoms with Crippen LogP contribution in [0.2, 0.25) is 0 Å². The number of hydrogen-bond acceptors (Lipinski definition) is 5. The number of anilines is 2. The van der Waals surface area contributed by atoms with Gasteiger partial charge >= 0.3 is 5.97 Å². The molecule has 0 spiro atoms. The molecular formula is C19H14F3N3O4. The van der Waals surface area contributed by atoms with Crippen LogP contribution in [0.4, 0.5) is 24.5 Å². The molecule has 0 saturated heterocycles. The van der Waals surface area contributed by atoms with Crippen LogP contribution in [0.1, 0.15) is 23.7 Å². The number of hydrogen-bond donors (Lipinski definition) is 2. The Labute approximate surface area is 163 Å². The lowest BCUT2D eigenvalue weighted by molar-refractivity contribution is -0.123. The van der Waals surface area contributed by atoms with E-state index in [9.17, 15) is 27.6 Å². The van der Waals surface area contributed by atoms with Crippen molar-refractivity contribution in [1.29, 1.82) is 5.26 Å². The van der Waals surface area contributed by atoms with Crippen molar-refractivity contribution < 1.29 is 32.3 Å². The number of ether oxygens (including phenoxy) is 1. The minimum absolute atomic E-state index is 0.0574. The molecule has 0 radical (unpaired) electrons. The second kappa shape index (κ2) is 9.36. The summed E-state index contributed by atoms with van der Waals surface area (Å²) in [7, 11) is 0. The quantitative estimate of drug-likeness (QED) is 0.567. The van der Waals surface area contributed by atoms with E-state index in [0.29, 0.717) is 11.8 Å². The van der Waals surface area contributed by atoms with E-state index >= 15 is 0 Å². The second-order valence-corrected chi connectivity index (χ2v) is 5.72. The SMILES string of the molecule is C[C@H](OC(=O)c1ccc(NC(=O)CC#N)cc1)C(=O)Nc1ccc(F)c(F)c1F. The molecule has 0 unspecified atom stereocenters. The first-order valence-corrected chi connectivity index (χ1v) is 8.15. The highest BCUT2D eigenvalue weighted by atomic mass is 19.2. The van der Waals surface area contributed by atoms with E-state index in [1.807, 2.05) is 5.32 Å². The van der Waals surface area contributed by atoms with Gasteiger partial charge in [0.25, 0.3) is 5.91 Å². The molecule has 2 aromatic carbocycles. The van der Waals surface area contributed by atoms with E-state index in [-0.39, 0.29) is 12.0 Å². The van der Waals surface area contributed by atoms with Crippen molar-refractivity contribution >= 4 is 29.2 Å². The summed E-state index contributed by atoms with van der Waals surface area (Å²) >= 11 is 0. The number of benzene rings is 2. The molecule has 0 fully saturated rings. The molecule has 0 aliphatic heterocycles. The lowest BCUT2D eigenvalue weighted by Crippen LogP contribution is -2.30. The summed E-state index contributed by atoms with van der Waals surface area (Å²) in [6.07, 6.45) is -1.69. The molecule has 1 atom stereocenters. The number of carbonyl (C=O) groups excluding carboxylic acids is 3. The molecule has 0 heterocycles. The Kier molecular flexibility index (Phi) is 6.92. The van der Waals surface area contributed by atoms with Crippen molar-refractivity contribution in [3.8, 4) is 6.07 Å². The summed E-state index contributed by atoms with van der Waals surface area (Å²) in [6.45, 7) is 1.21. The van der Waals surface area contributed by atoms with Crippen LogP contribution in [0.5, 0.6) is 0 Å². The molecule has 29 heavy (non-hydrogen) atoms. The highest BCUT2D eigenvalue weighted by Gasteiger charge is 2.22. The van der Waals surface area contributed by atoms with E-state index in [0.717, 1.165) is 6.07 Å². The molecular weight excluding hydrogens is 391 g/mol. The zero-order chi connectivity index (χ0) is 21.6. The van der Waals surface area contributed by atoms with Crippen LogP contribution in [-0.2, 0) is 14.3 Å². The zero-order valence-corrected chi connectivity index (χ0v) is 15.0. The summed E-state index contributed by atoms with van der Waals surface area (Å²) in [4.78, 5) is 35.4. The molecule has 0 bridgehead atoms. The predicted octanol–water partition coefficient (Wildman–Crippen LogP) is 3.14. The van der Waals surface area contributed by atoms with Crippen LogP contribution < -0.4 is 10.6 Å². The number of rotatable bonds is 6. The van der Waals surface area contributed by atoms with Crippen LogP contribution in [0.25, 0.3) is 0 Å². The first-order chi connectivity index (χ1) is 13.7. The number of amides is 2. The van der Waals surface area contributed by atoms with Gasteiger partial charge in [-0.3, -0.25) is 9.59 Å². The van der Waals surface area contributed by atoms with Crippen molar-refractivity contribution in [2.75, 3.05) is 10.6 Å². The average molecular weight is 405 g/mol. The summed E-state index contributed by atoms with van der Waals surface area (Å²) in [6, 6.07) is 8.60. The Morgan fingerprint density at radius 3 is 2.31 bits per heavy atom. The maximum atomic E-state index is 13.6. The van der Waals surface area contributed by atoms with Gasteiger partial charge in [-0.25, -0.2) is 18.0 Å². The van der Waals surface area contributed by atoms with Crippen LogP contribution in [0, 0.1) is 28.8 Å². The fourth-order valence-corrected chi connectivity index (χ4v) is 2.11. The smallest absolute Gasteiger partial charge is 0.338 e. The molecule has 0 aliphatic rings. The third kappa shape index (κ3) is 5.55. The number of nitrogens with zero attached hydrogens (tertiary/aromatic N) is 1. The van der Waals surface area contributed by atoms with Crippen LogP contribution >= 0.6 is 0 Å². The fourth-order valence-electron chi connectivity index (χ4n) is 2.11. The standard InChI is InChI=1S/C19H14F3N3O4/c1-10(18(27)25-14-7-6-13(20)16(21)17(14)22)29-19(28)11-2-4-12(5-3-11)24-15(26)8-9-23/h2-7,10H,8H2,1H3,(H,24,26)(H,25,27)/t10-/m0/s1. The molecule has 10 heteroatoms. The Balaban J connectivity index is 1.97. The summed E-state index contributed by atoms with van der Waals surface area (Å²) in [5.74, 6) is -7.08. The minimum atomic E-state index is -1.74. The second-order valence-electron chi connectivity index (χ2n) is 5.72. The molecule has 2 aromatic rings. The highest BCUT2D eigenvalue weighted by Crippen LogP contribution is 2.20. The predicted molar refractivity (Wildman–Crippen MR) is 95.1 cm³/mol. The van der Waals surface area contributed by atoms with Gasteiger partial charge in [0.15, 0.2) is 23.6 Å². The molecule has 7 nitrogen and oxygen atoms in total. The van der Waals surface area contributed by atoms with E-state index in [1.165, 1.54) is 31.2 Å². The number of esters is 1. The minimum Gasteiger partial charge on any atom is -0.449 e. The fraction of sp³-hybridized carbons (Fsp3) is 0.158. The molecule has 0 aliphatic carbocycles. The summed E-state index contributed by atoms with van der Waals surface area (Å²) in [5.41, 5.74) is -0.197. The lowest BCUT2D eigenvalue weighted by atomic mass is 10.2. The number of halogens is 3. The largest absolute Gasteiger partial charge is 0.449 e. The monoisotopic (exact) mass is 405 g/mol. The number of carbonyl (C=O) groups is 3. The Bertz CT molecular complexity index is 987. The maximum Gasteiger partial charge on any atom is 0.338 e. The van der Waals surface area contributed by atoms with Gasteiger partial charge in [0.2, 0.25) is 5.91 Å². The maximum absolute atomic E-state index is 13.6. The van der Waals surface area contributed by atoms with E-state index < -0.39 is 47.0 Å². The van der Waals surface area contributed by atoms with Gasteiger partial charge in [0.05, 0.1) is 17.3 Å². The highest BCUT2D eigenvalue weighted by molar-refractivity contribution is 5.98. The Hall–Kier alpha value is -3.87. The van der Waals surface area contributed by atoms with Gasteiger partial charge in [0, 0.05) is 5.69 Å². The Morgan fingerprint density at radius 1 is 1.03 bits per heavy atom. The lowest BCUT2D eigenvalue weighted by Gasteiger charge is -2.14. The first-order valence-electron chi connectivity index (χ1n) is 8.15. The topological polar surface area (TPSA) is 108 Å². The average Bonchev–Trinajstić information content (AvgIpc) is 2.69. The first kappa shape index (κ1) is 21.4. The van der Waals surface area contributed by atoms with E-state index in [1.54, 1.807) is 6.07 Å². The van der Waals surface area contributed by atoms with Gasteiger partial charge < -0.3 is 15.4 Å². The third-order valence-electron chi connectivity index (χ3n) is 3.59.